The van der Waals surface area contributed by atoms with Crippen LogP contribution in [0, 0.1) is 26.8 Å². The Hall–Kier alpha value is -3.38. The average Bonchev–Trinajstić information content (AvgIpc) is 3.75. The van der Waals surface area contributed by atoms with Crippen molar-refractivity contribution in [1.29, 1.82) is 0 Å². The van der Waals surface area contributed by atoms with E-state index in [-0.39, 0.29) is 46.8 Å². The van der Waals surface area contributed by atoms with Crippen molar-refractivity contribution in [3.8, 4) is 11.1 Å². The van der Waals surface area contributed by atoms with Crippen LogP contribution < -0.4 is 24.8 Å². The number of benzene rings is 4. The van der Waals surface area contributed by atoms with Crippen LogP contribution >= 0.6 is 0 Å². The van der Waals surface area contributed by atoms with Crippen molar-refractivity contribution < 1.29 is 75.4 Å². The van der Waals surface area contributed by atoms with Gasteiger partial charge in [-0.1, -0.05) is 79.0 Å². The second-order valence-electron chi connectivity index (χ2n) is 16.1. The molecule has 0 atom stereocenters. The first-order valence-electron chi connectivity index (χ1n) is 18.3. The molecule has 0 bridgehead atoms. The molecule has 0 saturated carbocycles. The molecule has 0 nitrogen and oxygen atoms in total. The van der Waals surface area contributed by atoms with Crippen LogP contribution in [-0.2, 0) is 53.8 Å². The summed E-state index contributed by atoms with van der Waals surface area (Å²) in [6.07, 6.45) is -1.84. The van der Waals surface area contributed by atoms with Gasteiger partial charge < -0.3 is 24.8 Å². The second-order valence-corrected chi connectivity index (χ2v) is 17.4. The number of fused-ring (bicyclic) bond motifs is 5. The van der Waals surface area contributed by atoms with Gasteiger partial charge in [0.15, 0.2) is 0 Å². The molecule has 3 aliphatic carbocycles. The fraction of sp³-hybridized carbons (Fsp3) is 0.292. The summed E-state index contributed by atoms with van der Waals surface area (Å²) in [5, 5.41) is 0. The van der Waals surface area contributed by atoms with Crippen LogP contribution in [0.2, 0.25) is 0 Å². The van der Waals surface area contributed by atoms with E-state index >= 15 is 0 Å². The second kappa shape index (κ2) is 16.7. The van der Waals surface area contributed by atoms with Crippen LogP contribution in [0.25, 0.3) is 22.3 Å². The Morgan fingerprint density at radius 1 is 0.649 bits per heavy atom. The third-order valence-electron chi connectivity index (χ3n) is 10.9. The van der Waals surface area contributed by atoms with Crippen molar-refractivity contribution in [3.05, 3.63) is 169 Å². The van der Waals surface area contributed by atoms with Crippen molar-refractivity contribution in [2.45, 2.75) is 91.9 Å². The maximum absolute atomic E-state index is 12.7. The largest absolute Gasteiger partial charge is 1.00 e. The standard InChI is InChI=1S/C25H25.C15H8F6.C8H11.2ClH.Zr/c1-14-12-24(3,4)22-8-16-7-17-9-23-19(15(2)13-25(23,5)6)11-21(17)20(16)10-18(14)22;16-14(17,18)12-5-1-3-10(8-12)7-11-4-2-6-13(9-11)15(19,20)21;1-6-4-7(2)8(3)5-6;;;/h8-12H,7H2,1-6H3;1-6,8-9H;4-5H,1-3H3;2*1H;/q-1;;-1;;;+2/p-2. The Bertz CT molecular complexity index is 2240. The maximum atomic E-state index is 12.7. The normalized spacial score (nSPS) is 15.2. The van der Waals surface area contributed by atoms with Crippen molar-refractivity contribution in [3.63, 3.8) is 0 Å². The minimum atomic E-state index is -4.49. The molecular formula is C48H44Cl2F6Zr-2. The van der Waals surface area contributed by atoms with Crippen molar-refractivity contribution >= 4 is 14.4 Å². The zero-order valence-corrected chi connectivity index (χ0v) is 37.4. The minimum absolute atomic E-state index is 0. The van der Waals surface area contributed by atoms with Crippen LogP contribution in [0.4, 0.5) is 26.3 Å². The maximum Gasteiger partial charge on any atom is -1.00 e. The van der Waals surface area contributed by atoms with Gasteiger partial charge in [-0.15, -0.1) is 11.6 Å². The van der Waals surface area contributed by atoms with E-state index in [1.807, 2.05) is 0 Å². The third kappa shape index (κ3) is 9.58. The van der Waals surface area contributed by atoms with Gasteiger partial charge in [0.2, 0.25) is 0 Å². The zero-order chi connectivity index (χ0) is 40.4. The van der Waals surface area contributed by atoms with Crippen LogP contribution in [0.15, 0.2) is 91.0 Å². The van der Waals surface area contributed by atoms with Gasteiger partial charge in [-0.05, 0) is 58.4 Å². The monoisotopic (exact) mass is 894 g/mol. The molecule has 0 fully saturated rings. The third-order valence-corrected chi connectivity index (χ3v) is 12.3. The predicted molar refractivity (Wildman–Crippen MR) is 209 cm³/mol. The number of allylic oxidation sites excluding steroid dienone is 4. The summed E-state index contributed by atoms with van der Waals surface area (Å²) in [5.74, 6) is 0. The molecule has 0 unspecified atom stereocenters. The topological polar surface area (TPSA) is 0 Å². The summed E-state index contributed by atoms with van der Waals surface area (Å²) >= 11 is 0.729. The zero-order valence-electron chi connectivity index (χ0n) is 33.4. The van der Waals surface area contributed by atoms with Gasteiger partial charge in [0.05, 0.1) is 0 Å². The van der Waals surface area contributed by atoms with E-state index < -0.39 is 23.5 Å². The van der Waals surface area contributed by atoms with Crippen LogP contribution in [0.1, 0.15) is 114 Å². The van der Waals surface area contributed by atoms with E-state index in [2.05, 4.69) is 111 Å². The molecule has 0 heterocycles. The van der Waals surface area contributed by atoms with Crippen LogP contribution in [0.3, 0.4) is 0 Å². The summed E-state index contributed by atoms with van der Waals surface area (Å²) in [6.45, 7) is 20.1. The van der Waals surface area contributed by atoms with Crippen molar-refractivity contribution in [2.75, 3.05) is 0 Å². The Morgan fingerprint density at radius 2 is 1.14 bits per heavy atom. The molecule has 0 radical (unpaired) electrons. The Kier molecular flexibility index (Phi) is 13.6. The molecule has 57 heavy (non-hydrogen) atoms. The molecule has 0 saturated heterocycles. The quantitative estimate of drug-likeness (QED) is 0.124. The molecule has 0 amide bonds. The van der Waals surface area contributed by atoms with E-state index in [4.69, 9.17) is 0 Å². The van der Waals surface area contributed by atoms with E-state index in [0.29, 0.717) is 3.21 Å². The minimum Gasteiger partial charge on any atom is -1.00 e. The molecule has 0 N–H and O–H groups in total. The summed E-state index contributed by atoms with van der Waals surface area (Å²) < 4.78 is 76.7. The first-order valence-corrected chi connectivity index (χ1v) is 19.5. The molecule has 298 valence electrons. The van der Waals surface area contributed by atoms with Crippen molar-refractivity contribution in [1.82, 2.24) is 0 Å². The number of rotatable bonds is 2. The first-order chi connectivity index (χ1) is 25.5. The van der Waals surface area contributed by atoms with Gasteiger partial charge in [0, 0.05) is 5.41 Å². The molecule has 0 aliphatic heterocycles. The summed E-state index contributed by atoms with van der Waals surface area (Å²) in [4.78, 5) is 0. The Balaban J connectivity index is 0.000000207. The molecule has 0 aromatic heterocycles. The smallest absolute Gasteiger partial charge is 1.00 e. The van der Waals surface area contributed by atoms with Crippen LogP contribution in [0.5, 0.6) is 0 Å². The van der Waals surface area contributed by atoms with Crippen molar-refractivity contribution in [2.24, 2.45) is 0 Å². The van der Waals surface area contributed by atoms with E-state index in [0.717, 1.165) is 54.9 Å². The number of alkyl halides is 6. The molecular weight excluding hydrogens is 853 g/mol. The number of aryl methyl sites for hydroxylation is 3. The van der Waals surface area contributed by atoms with E-state index in [9.17, 15) is 26.3 Å². The molecule has 5 aromatic carbocycles. The van der Waals surface area contributed by atoms with Gasteiger partial charge in [-0.2, -0.15) is 28.3 Å². The summed E-state index contributed by atoms with van der Waals surface area (Å²) in [7, 11) is 0. The first kappa shape index (κ1) is 46.3. The van der Waals surface area contributed by atoms with E-state index in [1.54, 1.807) is 0 Å². The average molecular weight is 897 g/mol. The SMILES string of the molecule is CC1=[C-]C(C)(C)c2cc3c(cc21)-c1cc2c(cc1C3)C(C)(C)C=C2C.Cc1cc(C)c(C)[cH-]1.FC(F)(F)c1cccc([C](=[Zr+2])c2cccc(C(F)(F)F)c2)c1.[Cl-].[Cl-]. The van der Waals surface area contributed by atoms with Gasteiger partial charge in [-0.25, -0.2) is 11.6 Å². The number of hydrogen-bond donors (Lipinski definition) is 0. The van der Waals surface area contributed by atoms with E-state index in [1.165, 1.54) is 96.6 Å². The molecule has 5 aromatic rings. The molecule has 8 rings (SSSR count). The molecule has 9 heteroatoms. The fourth-order valence-electron chi connectivity index (χ4n) is 8.10. The Labute approximate surface area is 360 Å². The molecule has 0 spiro atoms. The Morgan fingerprint density at radius 3 is 1.58 bits per heavy atom. The van der Waals surface area contributed by atoms with Gasteiger partial charge >= 0.3 is 137 Å². The molecule has 3 aliphatic rings. The summed E-state index contributed by atoms with van der Waals surface area (Å²) in [5.41, 5.74) is 17.6. The summed E-state index contributed by atoms with van der Waals surface area (Å²) in [6, 6.07) is 23.4. The number of hydrogen-bond acceptors (Lipinski definition) is 0. The van der Waals surface area contributed by atoms with Gasteiger partial charge in [0.1, 0.15) is 0 Å². The predicted octanol–water partition coefficient (Wildman–Crippen LogP) is 7.63. The fourth-order valence-corrected chi connectivity index (χ4v) is 8.86. The van der Waals surface area contributed by atoms with Gasteiger partial charge in [0.25, 0.3) is 0 Å². The van der Waals surface area contributed by atoms with Crippen LogP contribution in [-0.4, -0.2) is 3.21 Å². The number of halogens is 8. The van der Waals surface area contributed by atoms with Gasteiger partial charge in [-0.3, -0.25) is 6.08 Å².